The van der Waals surface area contributed by atoms with Gasteiger partial charge in [0.05, 0.1) is 12.7 Å². The number of hydrogen-bond donors (Lipinski definition) is 0. The zero-order chi connectivity index (χ0) is 11.1. The van der Waals surface area contributed by atoms with Crippen molar-refractivity contribution in [2.24, 2.45) is 11.8 Å². The third kappa shape index (κ3) is 2.52. The van der Waals surface area contributed by atoms with Crippen molar-refractivity contribution in [2.75, 3.05) is 6.61 Å². The highest BCUT2D eigenvalue weighted by molar-refractivity contribution is 14.1. The van der Waals surface area contributed by atoms with Gasteiger partial charge in [-0.25, -0.2) is 0 Å². The topological polar surface area (TPSA) is 9.23 Å². The lowest BCUT2D eigenvalue weighted by Crippen LogP contribution is -2.22. The maximum atomic E-state index is 6.10. The molecule has 1 radical (unpaired) electrons. The summed E-state index contributed by atoms with van der Waals surface area (Å²) >= 11 is 7.94. The van der Waals surface area contributed by atoms with E-state index in [0.717, 1.165) is 18.4 Å². The molecule has 0 saturated heterocycles. The average Bonchev–Trinajstić information content (AvgIpc) is 2.91. The number of rotatable bonds is 3. The lowest BCUT2D eigenvalue weighted by Gasteiger charge is -2.22. The molecule has 0 amide bonds. The molecular weight excluding hydrogens is 398 g/mol. The summed E-state index contributed by atoms with van der Waals surface area (Å²) in [4.78, 5) is 0. The molecular formula is C11H14BBrIOS. The SMILES string of the molecule is BrC1=C(COC2CC3CCC2C3)[B][C@H](I)S1. The number of ether oxygens (including phenoxy) is 1. The van der Waals surface area contributed by atoms with E-state index in [4.69, 9.17) is 4.74 Å². The molecule has 0 spiro atoms. The number of halogens is 2. The van der Waals surface area contributed by atoms with E-state index in [0.29, 0.717) is 9.26 Å². The van der Waals surface area contributed by atoms with Gasteiger partial charge in [-0.3, -0.25) is 0 Å². The standard InChI is InChI=1S/C11H14BBrIOS/c13-10-8(12-11(14)16-10)5-15-9-4-6-1-2-7(9)3-6/h6-7,9,11H,1-5H2/t6?,7?,9?,11-/m1/s1. The summed E-state index contributed by atoms with van der Waals surface area (Å²) in [7, 11) is 2.31. The van der Waals surface area contributed by atoms with E-state index in [9.17, 15) is 0 Å². The highest BCUT2D eigenvalue weighted by Crippen LogP contribution is 2.46. The fraction of sp³-hybridized carbons (Fsp3) is 0.818. The molecule has 2 saturated carbocycles. The minimum Gasteiger partial charge on any atom is -0.374 e. The van der Waals surface area contributed by atoms with Crippen molar-refractivity contribution in [3.8, 4) is 0 Å². The van der Waals surface area contributed by atoms with E-state index in [1.807, 2.05) is 11.8 Å². The molecule has 0 aromatic carbocycles. The van der Waals surface area contributed by atoms with E-state index >= 15 is 0 Å². The Bertz CT molecular complexity index is 325. The molecule has 3 rings (SSSR count). The smallest absolute Gasteiger partial charge is 0.181 e. The maximum absolute atomic E-state index is 6.10. The molecule has 16 heavy (non-hydrogen) atoms. The Balaban J connectivity index is 1.52. The third-order valence-corrected chi connectivity index (χ3v) is 6.95. The van der Waals surface area contributed by atoms with Crippen LogP contribution in [0.4, 0.5) is 0 Å². The number of fused-ring (bicyclic) bond motifs is 2. The molecule has 0 N–H and O–H groups in total. The summed E-state index contributed by atoms with van der Waals surface area (Å²) in [5.74, 6) is 1.85. The fourth-order valence-corrected chi connectivity index (χ4v) is 6.93. The number of thioether (sulfide) groups is 1. The summed E-state index contributed by atoms with van der Waals surface area (Å²) in [6.45, 7) is 0.807. The van der Waals surface area contributed by atoms with Crippen LogP contribution in [0.2, 0.25) is 0 Å². The van der Waals surface area contributed by atoms with Gasteiger partial charge in [0, 0.05) is 6.97 Å². The lowest BCUT2D eigenvalue weighted by atomic mass is 9.73. The number of alkyl halides is 1. The molecule has 0 aromatic rings. The van der Waals surface area contributed by atoms with Crippen LogP contribution in [0.15, 0.2) is 9.29 Å². The Kier molecular flexibility index (Phi) is 3.97. The van der Waals surface area contributed by atoms with Crippen LogP contribution < -0.4 is 0 Å². The second-order valence-electron chi connectivity index (χ2n) is 4.96. The predicted molar refractivity (Wildman–Crippen MR) is 82.3 cm³/mol. The van der Waals surface area contributed by atoms with Crippen LogP contribution in [-0.4, -0.2) is 23.1 Å². The predicted octanol–water partition coefficient (Wildman–Crippen LogP) is 3.93. The van der Waals surface area contributed by atoms with Crippen LogP contribution in [0.1, 0.15) is 25.7 Å². The second-order valence-corrected chi connectivity index (χ2v) is 9.62. The van der Waals surface area contributed by atoms with E-state index in [1.54, 1.807) is 0 Å². The van der Waals surface area contributed by atoms with Crippen molar-refractivity contribution in [3.05, 3.63) is 9.29 Å². The Hall–Kier alpha value is 1.32. The molecule has 3 aliphatic rings. The van der Waals surface area contributed by atoms with Crippen molar-refractivity contribution in [2.45, 2.75) is 34.9 Å². The highest BCUT2D eigenvalue weighted by Gasteiger charge is 2.40. The van der Waals surface area contributed by atoms with E-state index in [2.05, 4.69) is 45.8 Å². The zero-order valence-corrected chi connectivity index (χ0v) is 13.6. The van der Waals surface area contributed by atoms with Gasteiger partial charge in [0.15, 0.2) is 7.28 Å². The van der Waals surface area contributed by atoms with Gasteiger partial charge < -0.3 is 4.74 Å². The van der Waals surface area contributed by atoms with Gasteiger partial charge in [0.25, 0.3) is 0 Å². The molecule has 2 aliphatic carbocycles. The van der Waals surface area contributed by atoms with E-state index < -0.39 is 0 Å². The van der Waals surface area contributed by atoms with Crippen molar-refractivity contribution < 1.29 is 4.74 Å². The summed E-state index contributed by atoms with van der Waals surface area (Å²) in [6.07, 6.45) is 6.16. The normalized spacial score (nSPS) is 41.9. The van der Waals surface area contributed by atoms with Crippen LogP contribution in [0.25, 0.3) is 0 Å². The van der Waals surface area contributed by atoms with Gasteiger partial charge >= 0.3 is 0 Å². The summed E-state index contributed by atoms with van der Waals surface area (Å²) in [6, 6.07) is 0. The molecule has 1 heterocycles. The lowest BCUT2D eigenvalue weighted by molar-refractivity contribution is 0.0323. The summed E-state index contributed by atoms with van der Waals surface area (Å²) in [5, 5.41) is 0. The van der Waals surface area contributed by atoms with Crippen LogP contribution in [-0.2, 0) is 4.74 Å². The van der Waals surface area contributed by atoms with Gasteiger partial charge in [0.1, 0.15) is 0 Å². The van der Waals surface area contributed by atoms with Gasteiger partial charge in [-0.2, -0.15) is 0 Å². The quantitative estimate of drug-likeness (QED) is 0.395. The zero-order valence-electron chi connectivity index (χ0n) is 8.99. The first-order valence-electron chi connectivity index (χ1n) is 5.88. The molecule has 4 atom stereocenters. The first kappa shape index (κ1) is 12.4. The first-order chi connectivity index (χ1) is 7.72. The molecule has 3 unspecified atom stereocenters. The van der Waals surface area contributed by atoms with Gasteiger partial charge in [0.2, 0.25) is 0 Å². The minimum absolute atomic E-state index is 0.554. The van der Waals surface area contributed by atoms with Gasteiger partial charge in [-0.05, 0) is 53.4 Å². The van der Waals surface area contributed by atoms with Crippen LogP contribution in [0.3, 0.4) is 0 Å². The molecule has 2 fully saturated rings. The van der Waals surface area contributed by atoms with Crippen molar-refractivity contribution in [1.82, 2.24) is 0 Å². The summed E-state index contributed by atoms with van der Waals surface area (Å²) in [5.41, 5.74) is 1.35. The van der Waals surface area contributed by atoms with Gasteiger partial charge in [-0.1, -0.05) is 28.1 Å². The minimum atomic E-state index is 0.554. The maximum Gasteiger partial charge on any atom is 0.181 e. The fourth-order valence-electron chi connectivity index (χ4n) is 3.12. The molecule has 2 bridgehead atoms. The molecule has 1 aliphatic heterocycles. The van der Waals surface area contributed by atoms with Crippen LogP contribution in [0.5, 0.6) is 0 Å². The molecule has 1 nitrogen and oxygen atoms in total. The average molecular weight is 412 g/mol. The van der Waals surface area contributed by atoms with Crippen molar-refractivity contribution in [3.63, 3.8) is 0 Å². The number of hydrogen-bond acceptors (Lipinski definition) is 2. The van der Waals surface area contributed by atoms with Crippen molar-refractivity contribution >= 4 is 57.6 Å². The molecule has 87 valence electrons. The highest BCUT2D eigenvalue weighted by atomic mass is 127. The Morgan fingerprint density at radius 3 is 2.88 bits per heavy atom. The Labute approximate surface area is 124 Å². The second kappa shape index (κ2) is 5.13. The van der Waals surface area contributed by atoms with E-state index in [1.165, 1.54) is 35.0 Å². The molecule has 5 heteroatoms. The molecule has 0 aromatic heterocycles. The van der Waals surface area contributed by atoms with Crippen LogP contribution >= 0.6 is 50.3 Å². The van der Waals surface area contributed by atoms with E-state index in [-0.39, 0.29) is 0 Å². The Morgan fingerprint density at radius 1 is 1.44 bits per heavy atom. The first-order valence-corrected chi connectivity index (χ1v) is 8.80. The van der Waals surface area contributed by atoms with Crippen LogP contribution in [0, 0.1) is 11.8 Å². The van der Waals surface area contributed by atoms with Gasteiger partial charge in [-0.15, -0.1) is 11.8 Å². The van der Waals surface area contributed by atoms with Crippen molar-refractivity contribution in [1.29, 1.82) is 0 Å². The summed E-state index contributed by atoms with van der Waals surface area (Å²) < 4.78 is 7.95. The largest absolute Gasteiger partial charge is 0.374 e. The Morgan fingerprint density at radius 2 is 2.31 bits per heavy atom. The third-order valence-electron chi connectivity index (χ3n) is 3.93. The monoisotopic (exact) mass is 411 g/mol.